The Morgan fingerprint density at radius 2 is 2.00 bits per heavy atom. The van der Waals surface area contributed by atoms with E-state index in [1.807, 2.05) is 0 Å². The van der Waals surface area contributed by atoms with Crippen molar-refractivity contribution >= 4 is 28.9 Å². The van der Waals surface area contributed by atoms with Gasteiger partial charge in [-0.2, -0.15) is 5.10 Å². The molecule has 0 aliphatic carbocycles. The van der Waals surface area contributed by atoms with Gasteiger partial charge in [-0.3, -0.25) is 19.8 Å². The number of aryl methyl sites for hydroxylation is 1. The Hall–Kier alpha value is -3.92. The Bertz CT molecular complexity index is 1260. The second-order valence-corrected chi connectivity index (χ2v) is 6.66. The summed E-state index contributed by atoms with van der Waals surface area (Å²) in [5.74, 6) is -0.405. The third-order valence-corrected chi connectivity index (χ3v) is 4.37. The van der Waals surface area contributed by atoms with Gasteiger partial charge in [0.1, 0.15) is 22.5 Å². The van der Waals surface area contributed by atoms with Crippen LogP contribution in [0.3, 0.4) is 0 Å². The van der Waals surface area contributed by atoms with Gasteiger partial charge in [-0.15, -0.1) is 0 Å². The van der Waals surface area contributed by atoms with Crippen molar-refractivity contribution in [3.63, 3.8) is 0 Å². The van der Waals surface area contributed by atoms with E-state index in [1.165, 1.54) is 42.7 Å². The predicted octanol–water partition coefficient (Wildman–Crippen LogP) is 4.38. The van der Waals surface area contributed by atoms with Crippen LogP contribution in [0, 0.1) is 15.9 Å². The van der Waals surface area contributed by atoms with Crippen LogP contribution in [-0.4, -0.2) is 29.7 Å². The first kappa shape index (κ1) is 19.4. The van der Waals surface area contributed by atoms with E-state index in [1.54, 1.807) is 24.1 Å². The molecule has 0 spiro atoms. The lowest BCUT2D eigenvalue weighted by Gasteiger charge is -2.09. The van der Waals surface area contributed by atoms with Crippen molar-refractivity contribution in [2.75, 3.05) is 5.32 Å². The van der Waals surface area contributed by atoms with E-state index in [-0.39, 0.29) is 28.2 Å². The predicted molar refractivity (Wildman–Crippen MR) is 109 cm³/mol. The highest BCUT2D eigenvalue weighted by Gasteiger charge is 2.19. The Labute approximate surface area is 174 Å². The fraction of sp³-hybridized carbons (Fsp3) is 0.0526. The summed E-state index contributed by atoms with van der Waals surface area (Å²) in [6.45, 7) is 0. The Kier molecular flexibility index (Phi) is 5.07. The summed E-state index contributed by atoms with van der Waals surface area (Å²) in [6, 6.07) is 7.06. The number of halogens is 2. The van der Waals surface area contributed by atoms with Gasteiger partial charge in [0.25, 0.3) is 0 Å². The van der Waals surface area contributed by atoms with Crippen LogP contribution < -0.4 is 5.32 Å². The first-order valence-electron chi connectivity index (χ1n) is 8.59. The smallest absolute Gasteiger partial charge is 0.312 e. The lowest BCUT2D eigenvalue weighted by Crippen LogP contribution is -2.02. The van der Waals surface area contributed by atoms with E-state index in [0.29, 0.717) is 16.7 Å². The van der Waals surface area contributed by atoms with Gasteiger partial charge in [-0.1, -0.05) is 11.6 Å². The average molecular weight is 426 g/mol. The van der Waals surface area contributed by atoms with Gasteiger partial charge in [-0.25, -0.2) is 14.4 Å². The van der Waals surface area contributed by atoms with Crippen molar-refractivity contribution < 1.29 is 9.31 Å². The molecule has 1 N–H and O–H groups in total. The normalized spacial score (nSPS) is 10.8. The molecule has 0 aliphatic rings. The molecule has 0 aromatic carbocycles. The molecule has 4 aromatic rings. The van der Waals surface area contributed by atoms with Crippen LogP contribution in [0.25, 0.3) is 22.4 Å². The number of rotatable bonds is 5. The molecule has 4 rings (SSSR count). The molecule has 0 unspecified atom stereocenters. The lowest BCUT2D eigenvalue weighted by atomic mass is 10.1. The largest absolute Gasteiger partial charge is 0.319 e. The van der Waals surface area contributed by atoms with E-state index >= 15 is 0 Å². The minimum absolute atomic E-state index is 0.0325. The fourth-order valence-electron chi connectivity index (χ4n) is 2.83. The molecule has 0 saturated heterocycles. The summed E-state index contributed by atoms with van der Waals surface area (Å²) in [7, 11) is 1.74. The average Bonchev–Trinajstić information content (AvgIpc) is 3.14. The molecule has 150 valence electrons. The number of pyridine rings is 3. The number of aromatic nitrogens is 5. The van der Waals surface area contributed by atoms with Crippen LogP contribution in [0.1, 0.15) is 0 Å². The summed E-state index contributed by atoms with van der Waals surface area (Å²) < 4.78 is 15.7. The fourth-order valence-corrected chi connectivity index (χ4v) is 3.04. The molecule has 4 heterocycles. The molecule has 0 bridgehead atoms. The molecule has 9 nitrogen and oxygen atoms in total. The minimum atomic E-state index is -0.556. The van der Waals surface area contributed by atoms with E-state index in [4.69, 9.17) is 11.6 Å². The van der Waals surface area contributed by atoms with Crippen molar-refractivity contribution in [1.29, 1.82) is 0 Å². The van der Waals surface area contributed by atoms with Gasteiger partial charge in [0, 0.05) is 48.4 Å². The van der Waals surface area contributed by atoms with Crippen LogP contribution in [-0.2, 0) is 7.05 Å². The molecule has 0 radical (unpaired) electrons. The maximum absolute atomic E-state index is 14.1. The van der Waals surface area contributed by atoms with E-state index in [9.17, 15) is 14.5 Å². The Morgan fingerprint density at radius 3 is 2.70 bits per heavy atom. The van der Waals surface area contributed by atoms with Crippen LogP contribution in [0.15, 0.2) is 55.1 Å². The quantitative estimate of drug-likeness (QED) is 0.287. The summed E-state index contributed by atoms with van der Waals surface area (Å²) >= 11 is 6.06. The first-order valence-corrected chi connectivity index (χ1v) is 8.97. The molecule has 0 fully saturated rings. The summed E-state index contributed by atoms with van der Waals surface area (Å²) in [4.78, 5) is 23.3. The van der Waals surface area contributed by atoms with E-state index < -0.39 is 10.7 Å². The number of nitrogens with zero attached hydrogens (tertiary/aromatic N) is 6. The molecule has 0 amide bonds. The molecule has 0 aliphatic heterocycles. The lowest BCUT2D eigenvalue weighted by molar-refractivity contribution is -0.384. The second kappa shape index (κ2) is 7.84. The monoisotopic (exact) mass is 425 g/mol. The van der Waals surface area contributed by atoms with Gasteiger partial charge in [-0.05, 0) is 24.3 Å². The maximum atomic E-state index is 14.1. The van der Waals surface area contributed by atoms with Crippen LogP contribution in [0.2, 0.25) is 5.15 Å². The molecule has 11 heteroatoms. The molecule has 0 atom stereocenters. The summed E-state index contributed by atoms with van der Waals surface area (Å²) in [5.41, 5.74) is 1.41. The zero-order chi connectivity index (χ0) is 21.3. The standard InChI is InChI=1S/C19H13ClFN7O2/c1-27-10-13(9-24-27)12-5-15(28(29)30)19(23-8-12)26-17-7-11(6-16(20)25-17)18-14(21)3-2-4-22-18/h2-10H,1H3,(H,23,25,26). The second-order valence-electron chi connectivity index (χ2n) is 6.27. The van der Waals surface area contributed by atoms with Crippen LogP contribution >= 0.6 is 11.6 Å². The number of hydrogen-bond donors (Lipinski definition) is 1. The molecule has 4 aromatic heterocycles. The Morgan fingerprint density at radius 1 is 1.17 bits per heavy atom. The number of anilines is 2. The van der Waals surface area contributed by atoms with Crippen molar-refractivity contribution in [1.82, 2.24) is 24.7 Å². The topological polar surface area (TPSA) is 112 Å². The van der Waals surface area contributed by atoms with Gasteiger partial charge in [0.05, 0.1) is 11.1 Å². The first-order chi connectivity index (χ1) is 14.4. The molecule has 30 heavy (non-hydrogen) atoms. The molecular formula is C19H13ClFN7O2. The highest BCUT2D eigenvalue weighted by molar-refractivity contribution is 6.29. The van der Waals surface area contributed by atoms with E-state index in [0.717, 1.165) is 0 Å². The number of nitro groups is 1. The van der Waals surface area contributed by atoms with Gasteiger partial charge in [0.2, 0.25) is 5.82 Å². The molecular weight excluding hydrogens is 413 g/mol. The van der Waals surface area contributed by atoms with Crippen molar-refractivity contribution in [2.45, 2.75) is 0 Å². The highest BCUT2D eigenvalue weighted by atomic mass is 35.5. The van der Waals surface area contributed by atoms with Crippen molar-refractivity contribution in [2.24, 2.45) is 7.05 Å². The number of hydrogen-bond acceptors (Lipinski definition) is 7. The molecule has 0 saturated carbocycles. The van der Waals surface area contributed by atoms with E-state index in [2.05, 4.69) is 25.4 Å². The van der Waals surface area contributed by atoms with Crippen LogP contribution in [0.5, 0.6) is 0 Å². The summed E-state index contributed by atoms with van der Waals surface area (Å²) in [5, 5.41) is 18.5. The van der Waals surface area contributed by atoms with Gasteiger partial charge in [0.15, 0.2) is 0 Å². The van der Waals surface area contributed by atoms with Crippen LogP contribution in [0.4, 0.5) is 21.7 Å². The summed E-state index contributed by atoms with van der Waals surface area (Å²) in [6.07, 6.45) is 6.24. The third-order valence-electron chi connectivity index (χ3n) is 4.17. The Balaban J connectivity index is 1.72. The third kappa shape index (κ3) is 3.94. The van der Waals surface area contributed by atoms with Crippen molar-refractivity contribution in [3.05, 3.63) is 76.2 Å². The zero-order valence-corrected chi connectivity index (χ0v) is 16.2. The zero-order valence-electron chi connectivity index (χ0n) is 15.5. The van der Waals surface area contributed by atoms with Gasteiger partial charge >= 0.3 is 5.69 Å². The minimum Gasteiger partial charge on any atom is -0.319 e. The SMILES string of the molecule is Cn1cc(-c2cnc(Nc3cc(-c4ncccc4F)cc(Cl)n3)c([N+](=O)[O-])c2)cn1. The maximum Gasteiger partial charge on any atom is 0.312 e. The number of nitrogens with one attached hydrogen (secondary N) is 1. The highest BCUT2D eigenvalue weighted by Crippen LogP contribution is 2.32. The van der Waals surface area contributed by atoms with Crippen molar-refractivity contribution in [3.8, 4) is 22.4 Å². The van der Waals surface area contributed by atoms with Gasteiger partial charge < -0.3 is 5.32 Å².